The minimum Gasteiger partial charge on any atom is -0.344 e. The molecule has 0 aliphatic carbocycles. The Morgan fingerprint density at radius 3 is 2.62 bits per heavy atom. The first-order chi connectivity index (χ1) is 9.90. The first kappa shape index (κ1) is 15.5. The van der Waals surface area contributed by atoms with Crippen LogP contribution in [0.1, 0.15) is 38.3 Å². The van der Waals surface area contributed by atoms with E-state index in [4.69, 9.17) is 0 Å². The van der Waals surface area contributed by atoms with Gasteiger partial charge >= 0.3 is 0 Å². The number of fused-ring (bicyclic) bond motifs is 1. The molecule has 2 rings (SSSR count). The van der Waals surface area contributed by atoms with E-state index in [0.29, 0.717) is 0 Å². The van der Waals surface area contributed by atoms with Crippen LogP contribution < -0.4 is 10.2 Å². The summed E-state index contributed by atoms with van der Waals surface area (Å²) in [5, 5.41) is 2.79. The van der Waals surface area contributed by atoms with Crippen LogP contribution >= 0.6 is 0 Å². The number of benzene rings is 1. The molecule has 1 unspecified atom stereocenters. The van der Waals surface area contributed by atoms with Crippen molar-refractivity contribution in [1.29, 1.82) is 0 Å². The van der Waals surface area contributed by atoms with Crippen LogP contribution in [0.5, 0.6) is 0 Å². The maximum Gasteiger partial charge on any atom is 0.249 e. The van der Waals surface area contributed by atoms with E-state index in [-0.39, 0.29) is 17.7 Å². The first-order valence-electron chi connectivity index (χ1n) is 7.58. The standard InChI is InChI=1S/C17H24N2O2/c1-11(2)16(18-13(4)20)17(21)19-9-5-6-14-10-12(3)7-8-15(14)19/h7-8,10-11,16H,5-6,9H2,1-4H3,(H,18,20). The smallest absolute Gasteiger partial charge is 0.249 e. The second-order valence-corrected chi connectivity index (χ2v) is 6.15. The molecule has 0 saturated heterocycles. The van der Waals surface area contributed by atoms with E-state index in [1.54, 1.807) is 0 Å². The van der Waals surface area contributed by atoms with Gasteiger partial charge in [0.25, 0.3) is 0 Å². The molecule has 1 N–H and O–H groups in total. The highest BCUT2D eigenvalue weighted by molar-refractivity contribution is 6.00. The molecule has 1 aliphatic rings. The number of nitrogens with one attached hydrogen (secondary N) is 1. The largest absolute Gasteiger partial charge is 0.344 e. The Kier molecular flexibility index (Phi) is 4.66. The van der Waals surface area contributed by atoms with Crippen molar-refractivity contribution < 1.29 is 9.59 Å². The second kappa shape index (κ2) is 6.29. The molecule has 0 bridgehead atoms. The molecule has 1 atom stereocenters. The molecule has 4 nitrogen and oxygen atoms in total. The average molecular weight is 288 g/mol. The Morgan fingerprint density at radius 1 is 1.29 bits per heavy atom. The molecular weight excluding hydrogens is 264 g/mol. The van der Waals surface area contributed by atoms with E-state index in [0.717, 1.165) is 25.1 Å². The summed E-state index contributed by atoms with van der Waals surface area (Å²) in [6.07, 6.45) is 1.97. The lowest BCUT2D eigenvalue weighted by Crippen LogP contribution is -2.52. The number of anilines is 1. The molecule has 4 heteroatoms. The first-order valence-corrected chi connectivity index (χ1v) is 7.58. The summed E-state index contributed by atoms with van der Waals surface area (Å²) in [6.45, 7) is 8.15. The number of carbonyl (C=O) groups excluding carboxylic acids is 2. The number of aryl methyl sites for hydroxylation is 2. The van der Waals surface area contributed by atoms with Gasteiger partial charge < -0.3 is 10.2 Å². The van der Waals surface area contributed by atoms with Crippen molar-refractivity contribution in [3.8, 4) is 0 Å². The molecule has 0 spiro atoms. The average Bonchev–Trinajstić information content (AvgIpc) is 2.42. The van der Waals surface area contributed by atoms with Crippen molar-refractivity contribution >= 4 is 17.5 Å². The Balaban J connectivity index is 2.29. The molecular formula is C17H24N2O2. The maximum atomic E-state index is 12.8. The Morgan fingerprint density at radius 2 is 2.00 bits per heavy atom. The second-order valence-electron chi connectivity index (χ2n) is 6.15. The van der Waals surface area contributed by atoms with E-state index in [2.05, 4.69) is 18.3 Å². The molecule has 0 radical (unpaired) electrons. The van der Waals surface area contributed by atoms with Gasteiger partial charge in [-0.05, 0) is 37.3 Å². The highest BCUT2D eigenvalue weighted by Crippen LogP contribution is 2.29. The Labute approximate surface area is 126 Å². The zero-order valence-electron chi connectivity index (χ0n) is 13.3. The molecule has 114 valence electrons. The molecule has 1 aliphatic heterocycles. The third-order valence-corrected chi connectivity index (χ3v) is 3.91. The lowest BCUT2D eigenvalue weighted by Gasteiger charge is -2.34. The molecule has 1 aromatic carbocycles. The van der Waals surface area contributed by atoms with Gasteiger partial charge in [-0.2, -0.15) is 0 Å². The van der Waals surface area contributed by atoms with E-state index >= 15 is 0 Å². The number of amides is 2. The minimum absolute atomic E-state index is 0.00926. The number of carbonyl (C=O) groups is 2. The fourth-order valence-electron chi connectivity index (χ4n) is 2.86. The van der Waals surface area contributed by atoms with Gasteiger partial charge in [0.1, 0.15) is 6.04 Å². The van der Waals surface area contributed by atoms with Crippen molar-refractivity contribution in [1.82, 2.24) is 5.32 Å². The van der Waals surface area contributed by atoms with Gasteiger partial charge in [-0.3, -0.25) is 9.59 Å². The van der Waals surface area contributed by atoms with Crippen molar-refractivity contribution in [3.05, 3.63) is 29.3 Å². The van der Waals surface area contributed by atoms with Crippen LogP contribution in [0.3, 0.4) is 0 Å². The van der Waals surface area contributed by atoms with Gasteiger partial charge in [-0.15, -0.1) is 0 Å². The van der Waals surface area contributed by atoms with Gasteiger partial charge in [0.05, 0.1) is 0 Å². The SMILES string of the molecule is CC(=O)NC(C(=O)N1CCCc2cc(C)ccc21)C(C)C. The van der Waals surface area contributed by atoms with Crippen molar-refractivity contribution in [2.24, 2.45) is 5.92 Å². The number of nitrogens with zero attached hydrogens (tertiary/aromatic N) is 1. The van der Waals surface area contributed by atoms with Gasteiger partial charge in [-0.1, -0.05) is 31.5 Å². The van der Waals surface area contributed by atoms with E-state index in [1.807, 2.05) is 30.9 Å². The zero-order valence-corrected chi connectivity index (χ0v) is 13.3. The van der Waals surface area contributed by atoms with Crippen LogP contribution in [-0.2, 0) is 16.0 Å². The zero-order chi connectivity index (χ0) is 15.6. The van der Waals surface area contributed by atoms with Crippen LogP contribution in [0.4, 0.5) is 5.69 Å². The fraction of sp³-hybridized carbons (Fsp3) is 0.529. The van der Waals surface area contributed by atoms with Crippen LogP contribution in [0.15, 0.2) is 18.2 Å². The fourth-order valence-corrected chi connectivity index (χ4v) is 2.86. The van der Waals surface area contributed by atoms with Gasteiger partial charge in [0.15, 0.2) is 0 Å². The highest BCUT2D eigenvalue weighted by Gasteiger charge is 2.31. The minimum atomic E-state index is -0.463. The van der Waals surface area contributed by atoms with Gasteiger partial charge in [0.2, 0.25) is 11.8 Å². The lowest BCUT2D eigenvalue weighted by atomic mass is 9.96. The molecule has 2 amide bonds. The van der Waals surface area contributed by atoms with Crippen LogP contribution in [-0.4, -0.2) is 24.4 Å². The number of rotatable bonds is 3. The summed E-state index contributed by atoms with van der Waals surface area (Å²) in [6, 6.07) is 5.74. The monoisotopic (exact) mass is 288 g/mol. The van der Waals surface area contributed by atoms with E-state index < -0.39 is 6.04 Å². The third kappa shape index (κ3) is 3.43. The summed E-state index contributed by atoms with van der Waals surface area (Å²) in [5.41, 5.74) is 3.43. The van der Waals surface area contributed by atoms with Crippen LogP contribution in [0, 0.1) is 12.8 Å². The third-order valence-electron chi connectivity index (χ3n) is 3.91. The summed E-state index contributed by atoms with van der Waals surface area (Å²) in [4.78, 5) is 26.0. The van der Waals surface area contributed by atoms with Crippen molar-refractivity contribution in [3.63, 3.8) is 0 Å². The topological polar surface area (TPSA) is 49.4 Å². The van der Waals surface area contributed by atoms with E-state index in [9.17, 15) is 9.59 Å². The van der Waals surface area contributed by atoms with Crippen LogP contribution in [0.25, 0.3) is 0 Å². The summed E-state index contributed by atoms with van der Waals surface area (Å²) in [5.74, 6) is -0.106. The number of hydrogen-bond acceptors (Lipinski definition) is 2. The normalized spacial score (nSPS) is 15.6. The quantitative estimate of drug-likeness (QED) is 0.928. The Hall–Kier alpha value is -1.84. The predicted octanol–water partition coefficient (Wildman–Crippen LogP) is 2.43. The summed E-state index contributed by atoms with van der Waals surface area (Å²) >= 11 is 0. The van der Waals surface area contributed by atoms with E-state index in [1.165, 1.54) is 18.1 Å². The summed E-state index contributed by atoms with van der Waals surface area (Å²) in [7, 11) is 0. The predicted molar refractivity (Wildman–Crippen MR) is 84.3 cm³/mol. The maximum absolute atomic E-state index is 12.8. The molecule has 1 aromatic rings. The molecule has 0 saturated carbocycles. The Bertz CT molecular complexity index is 552. The molecule has 0 aromatic heterocycles. The van der Waals surface area contributed by atoms with Crippen molar-refractivity contribution in [2.45, 2.75) is 46.6 Å². The molecule has 0 fully saturated rings. The number of hydrogen-bond donors (Lipinski definition) is 1. The lowest BCUT2D eigenvalue weighted by molar-refractivity contribution is -0.127. The highest BCUT2D eigenvalue weighted by atomic mass is 16.2. The molecule has 1 heterocycles. The van der Waals surface area contributed by atoms with Crippen LogP contribution in [0.2, 0.25) is 0 Å². The van der Waals surface area contributed by atoms with Crippen molar-refractivity contribution in [2.75, 3.05) is 11.4 Å². The van der Waals surface area contributed by atoms with Gasteiger partial charge in [-0.25, -0.2) is 0 Å². The molecule has 21 heavy (non-hydrogen) atoms. The van der Waals surface area contributed by atoms with Gasteiger partial charge in [0, 0.05) is 19.2 Å². The summed E-state index contributed by atoms with van der Waals surface area (Å²) < 4.78 is 0.